The third-order valence-corrected chi connectivity index (χ3v) is 4.05. The Bertz CT molecular complexity index is 856. The molecule has 0 aliphatic rings. The molecule has 25 heavy (non-hydrogen) atoms. The third kappa shape index (κ3) is 4.10. The first-order chi connectivity index (χ1) is 12.2. The minimum absolute atomic E-state index is 0.0307. The first-order valence-electron chi connectivity index (χ1n) is 7.69. The van der Waals surface area contributed by atoms with Crippen LogP contribution in [0.5, 0.6) is 0 Å². The molecule has 0 spiro atoms. The zero-order valence-corrected chi connectivity index (χ0v) is 14.3. The fourth-order valence-electron chi connectivity index (χ4n) is 2.25. The number of carbonyl (C=O) groups excluding carboxylic acids is 2. The molecule has 0 fully saturated rings. The second-order valence-corrected chi connectivity index (χ2v) is 5.91. The van der Waals surface area contributed by atoms with Crippen molar-refractivity contribution in [1.82, 2.24) is 14.2 Å². The Balaban J connectivity index is 1.63. The number of hydrogen-bond donors (Lipinski definition) is 1. The molecule has 2 aromatic heterocycles. The van der Waals surface area contributed by atoms with Gasteiger partial charge in [-0.05, 0) is 36.8 Å². The van der Waals surface area contributed by atoms with Crippen LogP contribution in [0, 0.1) is 0 Å². The summed E-state index contributed by atoms with van der Waals surface area (Å²) < 4.78 is 10.6. The Hall–Kier alpha value is -3.00. The number of amides is 1. The second kappa shape index (κ2) is 7.71. The summed E-state index contributed by atoms with van der Waals surface area (Å²) in [6, 6.07) is 11.6. The van der Waals surface area contributed by atoms with Gasteiger partial charge in [-0.2, -0.15) is 0 Å². The van der Waals surface area contributed by atoms with E-state index in [0.29, 0.717) is 5.00 Å². The molecule has 0 aliphatic carbocycles. The molecule has 8 heteroatoms. The van der Waals surface area contributed by atoms with E-state index >= 15 is 0 Å². The lowest BCUT2D eigenvalue weighted by molar-refractivity contribution is -0.115. The molecule has 0 bridgehead atoms. The van der Waals surface area contributed by atoms with Crippen LogP contribution < -0.4 is 5.32 Å². The number of rotatable bonds is 6. The fraction of sp³-hybridized carbons (Fsp3) is 0.176. The van der Waals surface area contributed by atoms with Crippen molar-refractivity contribution in [1.29, 1.82) is 0 Å². The summed E-state index contributed by atoms with van der Waals surface area (Å²) in [7, 11) is 0. The monoisotopic (exact) mass is 356 g/mol. The molecule has 0 aliphatic heterocycles. The summed E-state index contributed by atoms with van der Waals surface area (Å²) in [5.41, 5.74) is 1.91. The maximum atomic E-state index is 12.2. The minimum Gasteiger partial charge on any atom is -0.461 e. The molecule has 1 amide bonds. The average molecular weight is 356 g/mol. The zero-order chi connectivity index (χ0) is 17.6. The lowest BCUT2D eigenvalue weighted by atomic mass is 10.1. The number of carbonyl (C=O) groups is 2. The number of nitrogens with one attached hydrogen (secondary N) is 1. The van der Waals surface area contributed by atoms with Gasteiger partial charge < -0.3 is 14.6 Å². The predicted molar refractivity (Wildman–Crippen MR) is 94.0 cm³/mol. The number of anilines is 1. The Morgan fingerprint density at radius 2 is 1.92 bits per heavy atom. The highest BCUT2D eigenvalue weighted by molar-refractivity contribution is 7.10. The SMILES string of the molecule is CCOC(=O)c1nnsc1NC(=O)Cc1ccc(-n2cccc2)cc1. The van der Waals surface area contributed by atoms with E-state index in [1.807, 2.05) is 53.4 Å². The highest BCUT2D eigenvalue weighted by atomic mass is 32.1. The van der Waals surface area contributed by atoms with Gasteiger partial charge in [0, 0.05) is 29.6 Å². The van der Waals surface area contributed by atoms with Crippen molar-refractivity contribution in [2.75, 3.05) is 11.9 Å². The number of aromatic nitrogens is 3. The van der Waals surface area contributed by atoms with E-state index < -0.39 is 5.97 Å². The van der Waals surface area contributed by atoms with Crippen LogP contribution in [0.1, 0.15) is 23.0 Å². The van der Waals surface area contributed by atoms with Gasteiger partial charge in [0.05, 0.1) is 13.0 Å². The van der Waals surface area contributed by atoms with Crippen molar-refractivity contribution >= 4 is 28.4 Å². The van der Waals surface area contributed by atoms with E-state index in [1.165, 1.54) is 0 Å². The van der Waals surface area contributed by atoms with E-state index in [0.717, 1.165) is 22.8 Å². The first kappa shape index (κ1) is 16.8. The minimum atomic E-state index is -0.595. The van der Waals surface area contributed by atoms with Crippen LogP contribution in [0.3, 0.4) is 0 Å². The van der Waals surface area contributed by atoms with E-state index in [9.17, 15) is 9.59 Å². The van der Waals surface area contributed by atoms with Crippen LogP contribution in [0.2, 0.25) is 0 Å². The number of nitrogens with zero attached hydrogens (tertiary/aromatic N) is 3. The Labute approximate surface area is 148 Å². The lowest BCUT2D eigenvalue weighted by Gasteiger charge is -2.06. The third-order valence-electron chi connectivity index (χ3n) is 3.41. The number of esters is 1. The topological polar surface area (TPSA) is 86.1 Å². The standard InChI is InChI=1S/C17H16N4O3S/c1-2-24-17(23)15-16(25-20-19-15)18-14(22)11-12-5-7-13(8-6-12)21-9-3-4-10-21/h3-10H,2,11H2,1H3,(H,18,22). The molecular weight excluding hydrogens is 340 g/mol. The van der Waals surface area contributed by atoms with Crippen LogP contribution in [0.15, 0.2) is 48.8 Å². The van der Waals surface area contributed by atoms with Gasteiger partial charge in [-0.25, -0.2) is 4.79 Å². The maximum absolute atomic E-state index is 12.2. The molecule has 0 atom stereocenters. The van der Waals surface area contributed by atoms with E-state index in [1.54, 1.807) is 6.92 Å². The quantitative estimate of drug-likeness (QED) is 0.686. The summed E-state index contributed by atoms with van der Waals surface area (Å²) in [4.78, 5) is 24.0. The van der Waals surface area contributed by atoms with Gasteiger partial charge in [0.25, 0.3) is 0 Å². The van der Waals surface area contributed by atoms with Crippen molar-refractivity contribution in [2.24, 2.45) is 0 Å². The van der Waals surface area contributed by atoms with Crippen molar-refractivity contribution in [3.8, 4) is 5.69 Å². The molecule has 3 rings (SSSR count). The van der Waals surface area contributed by atoms with Gasteiger partial charge in [0.2, 0.25) is 11.6 Å². The van der Waals surface area contributed by atoms with E-state index in [4.69, 9.17) is 4.74 Å². The molecule has 1 N–H and O–H groups in total. The second-order valence-electron chi connectivity index (χ2n) is 5.15. The molecule has 3 aromatic rings. The van der Waals surface area contributed by atoms with Crippen LogP contribution in [0.25, 0.3) is 5.69 Å². The van der Waals surface area contributed by atoms with Crippen LogP contribution in [-0.2, 0) is 16.0 Å². The normalized spacial score (nSPS) is 10.4. The highest BCUT2D eigenvalue weighted by Crippen LogP contribution is 2.19. The number of benzene rings is 1. The van der Waals surface area contributed by atoms with Gasteiger partial charge in [0.1, 0.15) is 0 Å². The van der Waals surface area contributed by atoms with Gasteiger partial charge in [-0.3, -0.25) is 4.79 Å². The van der Waals surface area contributed by atoms with Crippen molar-refractivity contribution in [3.63, 3.8) is 0 Å². The highest BCUT2D eigenvalue weighted by Gasteiger charge is 2.19. The zero-order valence-electron chi connectivity index (χ0n) is 13.5. The largest absolute Gasteiger partial charge is 0.461 e. The molecule has 7 nitrogen and oxygen atoms in total. The van der Waals surface area contributed by atoms with Gasteiger partial charge in [-0.15, -0.1) is 5.10 Å². The van der Waals surface area contributed by atoms with Gasteiger partial charge >= 0.3 is 5.97 Å². The Morgan fingerprint density at radius 1 is 1.20 bits per heavy atom. The number of ether oxygens (including phenoxy) is 1. The Kier molecular flexibility index (Phi) is 5.20. The van der Waals surface area contributed by atoms with Crippen LogP contribution in [-0.4, -0.2) is 32.6 Å². The maximum Gasteiger partial charge on any atom is 0.362 e. The van der Waals surface area contributed by atoms with Crippen LogP contribution in [0.4, 0.5) is 5.00 Å². The Morgan fingerprint density at radius 3 is 2.60 bits per heavy atom. The molecule has 0 radical (unpaired) electrons. The fourth-order valence-corrected chi connectivity index (χ4v) is 2.83. The molecule has 0 saturated heterocycles. The summed E-state index contributed by atoms with van der Waals surface area (Å²) in [5, 5.41) is 6.68. The van der Waals surface area contributed by atoms with E-state index in [2.05, 4.69) is 14.9 Å². The molecule has 1 aromatic carbocycles. The smallest absolute Gasteiger partial charge is 0.362 e. The van der Waals surface area contributed by atoms with Crippen molar-refractivity contribution < 1.29 is 14.3 Å². The summed E-state index contributed by atoms with van der Waals surface area (Å²) in [5.74, 6) is -0.840. The molecular formula is C17H16N4O3S. The van der Waals surface area contributed by atoms with Crippen molar-refractivity contribution in [2.45, 2.75) is 13.3 Å². The molecule has 128 valence electrons. The summed E-state index contributed by atoms with van der Waals surface area (Å²) in [6.45, 7) is 1.94. The first-order valence-corrected chi connectivity index (χ1v) is 8.46. The van der Waals surface area contributed by atoms with Crippen molar-refractivity contribution in [3.05, 3.63) is 60.0 Å². The lowest BCUT2D eigenvalue weighted by Crippen LogP contribution is -2.16. The van der Waals surface area contributed by atoms with Gasteiger partial charge in [0.15, 0.2) is 5.00 Å². The summed E-state index contributed by atoms with van der Waals surface area (Å²) >= 11 is 0.946. The molecule has 2 heterocycles. The molecule has 0 unspecified atom stereocenters. The van der Waals surface area contributed by atoms with Gasteiger partial charge in [-0.1, -0.05) is 16.6 Å². The summed E-state index contributed by atoms with van der Waals surface area (Å²) in [6.07, 6.45) is 4.09. The van der Waals surface area contributed by atoms with Crippen LogP contribution >= 0.6 is 11.5 Å². The van der Waals surface area contributed by atoms with E-state index in [-0.39, 0.29) is 24.6 Å². The predicted octanol–water partition coefficient (Wildman–Crippen LogP) is 2.69. The number of hydrogen-bond acceptors (Lipinski definition) is 6. The molecule has 0 saturated carbocycles. The average Bonchev–Trinajstić information content (AvgIpc) is 3.27.